The van der Waals surface area contributed by atoms with Crippen LogP contribution >= 0.6 is 11.6 Å². The zero-order valence-electron chi connectivity index (χ0n) is 18.7. The van der Waals surface area contributed by atoms with E-state index in [-0.39, 0.29) is 21.8 Å². The summed E-state index contributed by atoms with van der Waals surface area (Å²) in [7, 11) is 4.30. The maximum Gasteiger partial charge on any atom is 0.416 e. The summed E-state index contributed by atoms with van der Waals surface area (Å²) in [6.45, 7) is 0. The molecule has 0 saturated carbocycles. The second-order valence-electron chi connectivity index (χ2n) is 7.09. The molecule has 0 aromatic heterocycles. The van der Waals surface area contributed by atoms with Crippen LogP contribution in [-0.4, -0.2) is 33.1 Å². The molecule has 0 spiro atoms. The molecule has 0 bridgehead atoms. The number of benzene rings is 3. The van der Waals surface area contributed by atoms with Crippen molar-refractivity contribution in [3.05, 3.63) is 76.3 Å². The van der Waals surface area contributed by atoms with Crippen LogP contribution in [0.3, 0.4) is 0 Å². The molecule has 3 aromatic carbocycles. The van der Waals surface area contributed by atoms with Gasteiger partial charge >= 0.3 is 6.18 Å². The Morgan fingerprint density at radius 1 is 0.771 bits per heavy atom. The van der Waals surface area contributed by atoms with Crippen molar-refractivity contribution in [2.75, 3.05) is 32.0 Å². The molecule has 11 heteroatoms. The lowest BCUT2D eigenvalue weighted by molar-refractivity contribution is -0.137. The number of carbonyl (C=O) groups excluding carboxylic acids is 2. The largest absolute Gasteiger partial charge is 0.493 e. The molecule has 0 heterocycles. The van der Waals surface area contributed by atoms with Crippen LogP contribution in [-0.2, 0) is 6.18 Å². The quantitative estimate of drug-likeness (QED) is 0.415. The number of methoxy groups -OCH3 is 3. The van der Waals surface area contributed by atoms with Crippen LogP contribution in [0.5, 0.6) is 17.2 Å². The summed E-state index contributed by atoms with van der Waals surface area (Å²) < 4.78 is 54.6. The number of alkyl halides is 3. The summed E-state index contributed by atoms with van der Waals surface area (Å²) in [4.78, 5) is 25.2. The topological polar surface area (TPSA) is 85.9 Å². The molecule has 0 aliphatic heterocycles. The molecule has 2 amide bonds. The Bertz CT molecular complexity index is 1220. The molecular formula is C24H20ClF3N2O5. The second-order valence-corrected chi connectivity index (χ2v) is 7.50. The summed E-state index contributed by atoms with van der Waals surface area (Å²) >= 11 is 5.93. The van der Waals surface area contributed by atoms with E-state index >= 15 is 0 Å². The van der Waals surface area contributed by atoms with Gasteiger partial charge in [0, 0.05) is 16.8 Å². The van der Waals surface area contributed by atoms with E-state index in [0.29, 0.717) is 22.9 Å². The van der Waals surface area contributed by atoms with Crippen molar-refractivity contribution in [3.63, 3.8) is 0 Å². The lowest BCUT2D eigenvalue weighted by atomic mass is 10.1. The molecule has 0 aliphatic rings. The van der Waals surface area contributed by atoms with Gasteiger partial charge in [-0.15, -0.1) is 0 Å². The third kappa shape index (κ3) is 5.96. The van der Waals surface area contributed by atoms with Crippen LogP contribution in [0.1, 0.15) is 26.3 Å². The van der Waals surface area contributed by atoms with E-state index in [1.807, 2.05) is 0 Å². The SMILES string of the molecule is COc1cc(C(=O)Nc2ccc(C(=O)Nc3cc(C(F)(F)F)ccc3Cl)cc2)cc(OC)c1OC. The van der Waals surface area contributed by atoms with E-state index in [9.17, 15) is 22.8 Å². The molecule has 0 radical (unpaired) electrons. The van der Waals surface area contributed by atoms with Gasteiger partial charge in [-0.25, -0.2) is 0 Å². The highest BCUT2D eigenvalue weighted by Gasteiger charge is 2.31. The molecular weight excluding hydrogens is 489 g/mol. The predicted molar refractivity (Wildman–Crippen MR) is 125 cm³/mol. The molecule has 184 valence electrons. The average molecular weight is 509 g/mol. The van der Waals surface area contributed by atoms with Crippen LogP contribution < -0.4 is 24.8 Å². The molecule has 0 atom stereocenters. The van der Waals surface area contributed by atoms with Gasteiger partial charge in [-0.1, -0.05) is 11.6 Å². The molecule has 0 saturated heterocycles. The van der Waals surface area contributed by atoms with Gasteiger partial charge in [-0.05, 0) is 54.6 Å². The van der Waals surface area contributed by atoms with Gasteiger partial charge < -0.3 is 24.8 Å². The molecule has 0 unspecified atom stereocenters. The summed E-state index contributed by atoms with van der Waals surface area (Å²) in [6, 6.07) is 11.4. The Morgan fingerprint density at radius 2 is 1.34 bits per heavy atom. The van der Waals surface area contributed by atoms with Crippen molar-refractivity contribution in [1.82, 2.24) is 0 Å². The number of carbonyl (C=O) groups is 2. The third-order valence-corrected chi connectivity index (χ3v) is 5.20. The first kappa shape index (κ1) is 25.7. The van der Waals surface area contributed by atoms with Crippen molar-refractivity contribution in [3.8, 4) is 17.2 Å². The number of nitrogens with one attached hydrogen (secondary N) is 2. The van der Waals surface area contributed by atoms with Crippen LogP contribution in [0.25, 0.3) is 0 Å². The van der Waals surface area contributed by atoms with Gasteiger partial charge in [0.25, 0.3) is 11.8 Å². The highest BCUT2D eigenvalue weighted by molar-refractivity contribution is 6.34. The molecule has 3 aromatic rings. The number of rotatable bonds is 7. The minimum absolute atomic E-state index is 0.0411. The third-order valence-electron chi connectivity index (χ3n) is 4.87. The summed E-state index contributed by atoms with van der Waals surface area (Å²) in [6.07, 6.45) is -4.58. The molecule has 7 nitrogen and oxygen atoms in total. The lowest BCUT2D eigenvalue weighted by Gasteiger charge is -2.14. The molecule has 0 fully saturated rings. The first-order chi connectivity index (χ1) is 16.6. The van der Waals surface area contributed by atoms with E-state index in [0.717, 1.165) is 18.2 Å². The van der Waals surface area contributed by atoms with Crippen LogP contribution in [0, 0.1) is 0 Å². The maximum absolute atomic E-state index is 12.9. The van der Waals surface area contributed by atoms with E-state index < -0.39 is 23.6 Å². The minimum atomic E-state index is -4.58. The number of anilines is 2. The summed E-state index contributed by atoms with van der Waals surface area (Å²) in [5.74, 6) is -0.205. The zero-order chi connectivity index (χ0) is 25.8. The standard InChI is InChI=1S/C24H20ClF3N2O5/c1-33-19-10-14(11-20(34-2)21(19)35-3)23(32)29-16-7-4-13(5-8-16)22(31)30-18-12-15(24(26,27)28)6-9-17(18)25/h4-12H,1-3H3,(H,29,32)(H,30,31). The van der Waals surface area contributed by atoms with Gasteiger partial charge in [0.15, 0.2) is 11.5 Å². The number of ether oxygens (including phenoxy) is 3. The average Bonchev–Trinajstić information content (AvgIpc) is 2.83. The fourth-order valence-corrected chi connectivity index (χ4v) is 3.28. The van der Waals surface area contributed by atoms with E-state index in [4.69, 9.17) is 25.8 Å². The van der Waals surface area contributed by atoms with Crippen molar-refractivity contribution in [2.24, 2.45) is 0 Å². The predicted octanol–water partition coefficient (Wildman–Crippen LogP) is 5.89. The van der Waals surface area contributed by atoms with E-state index in [1.54, 1.807) is 0 Å². The Hall–Kier alpha value is -3.92. The van der Waals surface area contributed by atoms with Gasteiger partial charge in [0.1, 0.15) is 0 Å². The maximum atomic E-state index is 12.9. The van der Waals surface area contributed by atoms with Crippen LogP contribution in [0.15, 0.2) is 54.6 Å². The lowest BCUT2D eigenvalue weighted by Crippen LogP contribution is -2.15. The first-order valence-electron chi connectivity index (χ1n) is 9.97. The summed E-state index contributed by atoms with van der Waals surface area (Å²) in [5, 5.41) is 5.00. The first-order valence-corrected chi connectivity index (χ1v) is 10.3. The highest BCUT2D eigenvalue weighted by atomic mass is 35.5. The van der Waals surface area contributed by atoms with Gasteiger partial charge in [-0.2, -0.15) is 13.2 Å². The van der Waals surface area contributed by atoms with Crippen LogP contribution in [0.4, 0.5) is 24.5 Å². The molecule has 3 rings (SSSR count). The van der Waals surface area contributed by atoms with Crippen molar-refractivity contribution in [1.29, 1.82) is 0 Å². The second kappa shape index (κ2) is 10.6. The monoisotopic (exact) mass is 508 g/mol. The van der Waals surface area contributed by atoms with Crippen molar-refractivity contribution >= 4 is 34.8 Å². The van der Waals surface area contributed by atoms with E-state index in [2.05, 4.69) is 10.6 Å². The normalized spacial score (nSPS) is 10.9. The van der Waals surface area contributed by atoms with Crippen LogP contribution in [0.2, 0.25) is 5.02 Å². The summed E-state index contributed by atoms with van der Waals surface area (Å²) in [5.41, 5.74) is -0.365. The van der Waals surface area contributed by atoms with Crippen molar-refractivity contribution < 1.29 is 37.0 Å². The Kier molecular flexibility index (Phi) is 7.75. The van der Waals surface area contributed by atoms with E-state index in [1.165, 1.54) is 57.7 Å². The molecule has 0 aliphatic carbocycles. The van der Waals surface area contributed by atoms with Gasteiger partial charge in [-0.3, -0.25) is 9.59 Å². The Morgan fingerprint density at radius 3 is 1.86 bits per heavy atom. The molecule has 35 heavy (non-hydrogen) atoms. The fourth-order valence-electron chi connectivity index (χ4n) is 3.11. The fraction of sp³-hybridized carbons (Fsp3) is 0.167. The zero-order valence-corrected chi connectivity index (χ0v) is 19.5. The number of amides is 2. The number of hydrogen-bond donors (Lipinski definition) is 2. The minimum Gasteiger partial charge on any atom is -0.493 e. The van der Waals surface area contributed by atoms with Gasteiger partial charge in [0.2, 0.25) is 5.75 Å². The van der Waals surface area contributed by atoms with Gasteiger partial charge in [0.05, 0.1) is 37.6 Å². The smallest absolute Gasteiger partial charge is 0.416 e. The van der Waals surface area contributed by atoms with Crippen molar-refractivity contribution in [2.45, 2.75) is 6.18 Å². The Balaban J connectivity index is 1.74. The number of hydrogen-bond acceptors (Lipinski definition) is 5. The number of halogens is 4. The Labute approximate surface area is 203 Å². The highest BCUT2D eigenvalue weighted by Crippen LogP contribution is 2.38. The molecule has 2 N–H and O–H groups in total.